The van der Waals surface area contributed by atoms with Gasteiger partial charge in [-0.3, -0.25) is 13.9 Å². The van der Waals surface area contributed by atoms with Crippen LogP contribution in [0.3, 0.4) is 0 Å². The first kappa shape index (κ1) is 28.1. The van der Waals surface area contributed by atoms with Crippen molar-refractivity contribution in [2.45, 2.75) is 50.0 Å². The lowest BCUT2D eigenvalue weighted by molar-refractivity contribution is -0.136. The maximum atomic E-state index is 14.2. The van der Waals surface area contributed by atoms with E-state index in [-0.39, 0.29) is 42.1 Å². The number of halogens is 1. The monoisotopic (exact) mass is 554 g/mol. The Balaban J connectivity index is 1.46. The van der Waals surface area contributed by atoms with E-state index < -0.39 is 33.8 Å². The molecule has 1 heterocycles. The summed E-state index contributed by atoms with van der Waals surface area (Å²) in [5.41, 5.74) is 2.35. The summed E-state index contributed by atoms with van der Waals surface area (Å²) in [6.45, 7) is 6.07. The number of carbonyl (C=O) groups is 2. The van der Waals surface area contributed by atoms with Crippen molar-refractivity contribution in [1.29, 1.82) is 0 Å². The Hall–Kier alpha value is -3.92. The van der Waals surface area contributed by atoms with Gasteiger partial charge >= 0.3 is 5.97 Å². The third kappa shape index (κ3) is 6.22. The van der Waals surface area contributed by atoms with E-state index in [4.69, 9.17) is 9.84 Å². The molecule has 2 N–H and O–H groups in total. The number of ether oxygens (including phenoxy) is 1. The summed E-state index contributed by atoms with van der Waals surface area (Å²) < 4.78 is 48.3. The second-order valence-corrected chi connectivity index (χ2v) is 12.2. The number of para-hydroxylation sites is 1. The van der Waals surface area contributed by atoms with Crippen LogP contribution < -0.4 is 14.4 Å². The van der Waals surface area contributed by atoms with Crippen LogP contribution >= 0.6 is 0 Å². The molecule has 1 atom stereocenters. The maximum absolute atomic E-state index is 14.2. The fraction of sp³-hybridized carbons (Fsp3) is 0.310. The molecule has 0 bridgehead atoms. The molecule has 0 aliphatic carbocycles. The Kier molecular flexibility index (Phi) is 7.96. The first-order valence-electron chi connectivity index (χ1n) is 12.5. The molecule has 0 unspecified atom stereocenters. The van der Waals surface area contributed by atoms with E-state index in [1.165, 1.54) is 16.4 Å². The molecule has 3 aromatic rings. The first-order valence-corrected chi connectivity index (χ1v) is 14.0. The van der Waals surface area contributed by atoms with E-state index in [0.29, 0.717) is 11.3 Å². The van der Waals surface area contributed by atoms with Crippen molar-refractivity contribution in [3.63, 3.8) is 0 Å². The highest BCUT2D eigenvalue weighted by Gasteiger charge is 2.42. The van der Waals surface area contributed by atoms with Crippen LogP contribution in [0.4, 0.5) is 10.1 Å². The molecule has 39 heavy (non-hydrogen) atoms. The van der Waals surface area contributed by atoms with Crippen LogP contribution in [0.25, 0.3) is 0 Å². The Labute approximate surface area is 227 Å². The molecule has 10 heteroatoms. The van der Waals surface area contributed by atoms with Crippen LogP contribution in [0.2, 0.25) is 0 Å². The molecule has 1 aliphatic rings. The SMILES string of the molecule is CC(C)(C)c1ccc(S(=O)(=O)N2c3ccccc3C[C@H]2C(=O)NCCOc2ccc(CC(=O)O)cc2F)cc1. The Morgan fingerprint density at radius 3 is 2.41 bits per heavy atom. The highest BCUT2D eigenvalue weighted by Crippen LogP contribution is 2.37. The fourth-order valence-electron chi connectivity index (χ4n) is 4.49. The van der Waals surface area contributed by atoms with E-state index in [0.717, 1.165) is 17.2 Å². The Morgan fingerprint density at radius 2 is 1.77 bits per heavy atom. The van der Waals surface area contributed by atoms with Crippen LogP contribution in [-0.4, -0.2) is 44.6 Å². The van der Waals surface area contributed by atoms with Crippen molar-refractivity contribution in [2.75, 3.05) is 17.5 Å². The Morgan fingerprint density at radius 1 is 1.08 bits per heavy atom. The van der Waals surface area contributed by atoms with Gasteiger partial charge in [0.05, 0.1) is 23.5 Å². The molecule has 0 aromatic heterocycles. The molecule has 0 radical (unpaired) electrons. The average Bonchev–Trinajstić information content (AvgIpc) is 3.27. The van der Waals surface area contributed by atoms with E-state index in [1.54, 1.807) is 48.5 Å². The van der Waals surface area contributed by atoms with Gasteiger partial charge in [-0.25, -0.2) is 12.8 Å². The van der Waals surface area contributed by atoms with Crippen LogP contribution in [0, 0.1) is 5.82 Å². The minimum absolute atomic E-state index is 0.0101. The zero-order chi connectivity index (χ0) is 28.4. The normalized spacial score (nSPS) is 15.1. The van der Waals surface area contributed by atoms with Gasteiger partial charge in [-0.15, -0.1) is 0 Å². The Bertz CT molecular complexity index is 1480. The van der Waals surface area contributed by atoms with Gasteiger partial charge in [0, 0.05) is 6.42 Å². The fourth-order valence-corrected chi connectivity index (χ4v) is 6.14. The summed E-state index contributed by atoms with van der Waals surface area (Å²) in [6.07, 6.45) is -0.0982. The van der Waals surface area contributed by atoms with Gasteiger partial charge in [-0.05, 0) is 52.4 Å². The van der Waals surface area contributed by atoms with Crippen LogP contribution in [0.15, 0.2) is 71.6 Å². The summed E-state index contributed by atoms with van der Waals surface area (Å²) in [4.78, 5) is 24.1. The number of amides is 1. The van der Waals surface area contributed by atoms with E-state index >= 15 is 0 Å². The van der Waals surface area contributed by atoms with Crippen LogP contribution in [0.5, 0.6) is 5.75 Å². The average molecular weight is 555 g/mol. The lowest BCUT2D eigenvalue weighted by Gasteiger charge is -2.27. The molecule has 0 spiro atoms. The summed E-state index contributed by atoms with van der Waals surface area (Å²) in [5.74, 6) is -2.35. The minimum atomic E-state index is -4.05. The molecule has 0 fully saturated rings. The number of nitrogens with one attached hydrogen (secondary N) is 1. The lowest BCUT2D eigenvalue weighted by Crippen LogP contribution is -2.48. The number of carbonyl (C=O) groups excluding carboxylic acids is 1. The highest BCUT2D eigenvalue weighted by atomic mass is 32.2. The molecule has 8 nitrogen and oxygen atoms in total. The second kappa shape index (κ2) is 11.1. The zero-order valence-corrected chi connectivity index (χ0v) is 22.8. The number of sulfonamides is 1. The lowest BCUT2D eigenvalue weighted by atomic mass is 9.87. The number of benzene rings is 3. The molecule has 1 amide bonds. The van der Waals surface area contributed by atoms with E-state index in [2.05, 4.69) is 5.32 Å². The van der Waals surface area contributed by atoms with Crippen LogP contribution in [-0.2, 0) is 37.9 Å². The highest BCUT2D eigenvalue weighted by molar-refractivity contribution is 7.93. The molecular formula is C29H31FN2O6S. The second-order valence-electron chi connectivity index (χ2n) is 10.4. The molecule has 206 valence electrons. The predicted molar refractivity (Wildman–Crippen MR) is 145 cm³/mol. The summed E-state index contributed by atoms with van der Waals surface area (Å²) in [5, 5.41) is 11.5. The summed E-state index contributed by atoms with van der Waals surface area (Å²) in [7, 11) is -4.05. The quantitative estimate of drug-likeness (QED) is 0.386. The number of fused-ring (bicyclic) bond motifs is 1. The molecule has 1 aliphatic heterocycles. The van der Waals surface area contributed by atoms with Gasteiger partial charge in [0.25, 0.3) is 10.0 Å². The van der Waals surface area contributed by atoms with Crippen molar-refractivity contribution in [3.05, 3.63) is 89.2 Å². The zero-order valence-electron chi connectivity index (χ0n) is 22.0. The smallest absolute Gasteiger partial charge is 0.307 e. The van der Waals surface area contributed by atoms with Crippen molar-refractivity contribution in [1.82, 2.24) is 5.32 Å². The number of anilines is 1. The first-order chi connectivity index (χ1) is 18.4. The molecular weight excluding hydrogens is 523 g/mol. The number of carboxylic acids is 1. The van der Waals surface area contributed by atoms with E-state index in [9.17, 15) is 22.4 Å². The summed E-state index contributed by atoms with van der Waals surface area (Å²) in [6, 6.07) is 16.6. The van der Waals surface area contributed by atoms with Crippen molar-refractivity contribution in [3.8, 4) is 5.75 Å². The van der Waals surface area contributed by atoms with Gasteiger partial charge in [0.2, 0.25) is 5.91 Å². The van der Waals surface area contributed by atoms with Gasteiger partial charge in [-0.1, -0.05) is 57.2 Å². The third-order valence-corrected chi connectivity index (χ3v) is 8.35. The maximum Gasteiger partial charge on any atom is 0.307 e. The van der Waals surface area contributed by atoms with Gasteiger partial charge in [0.15, 0.2) is 11.6 Å². The molecule has 3 aromatic carbocycles. The molecule has 0 saturated carbocycles. The number of hydrogen-bond acceptors (Lipinski definition) is 5. The minimum Gasteiger partial charge on any atom is -0.489 e. The topological polar surface area (TPSA) is 113 Å². The van der Waals surface area contributed by atoms with Gasteiger partial charge < -0.3 is 15.2 Å². The largest absolute Gasteiger partial charge is 0.489 e. The number of carboxylic acid groups (broad SMARTS) is 1. The van der Waals surface area contributed by atoms with Gasteiger partial charge in [-0.2, -0.15) is 0 Å². The van der Waals surface area contributed by atoms with Crippen molar-refractivity contribution < 1.29 is 32.2 Å². The number of rotatable bonds is 9. The predicted octanol–water partition coefficient (Wildman–Crippen LogP) is 4.07. The molecule has 4 rings (SSSR count). The van der Waals surface area contributed by atoms with Crippen LogP contribution in [0.1, 0.15) is 37.5 Å². The number of nitrogens with zero attached hydrogens (tertiary/aromatic N) is 1. The number of hydrogen-bond donors (Lipinski definition) is 2. The third-order valence-electron chi connectivity index (χ3n) is 6.52. The van der Waals surface area contributed by atoms with E-state index in [1.807, 2.05) is 20.8 Å². The van der Waals surface area contributed by atoms with Gasteiger partial charge in [0.1, 0.15) is 12.6 Å². The van der Waals surface area contributed by atoms with Crippen molar-refractivity contribution >= 4 is 27.6 Å². The number of aliphatic carboxylic acids is 1. The standard InChI is InChI=1S/C29H31FN2O6S/c1-29(2,3)21-9-11-22(12-10-21)39(36,37)32-24-7-5-4-6-20(24)18-25(32)28(35)31-14-15-38-26-13-8-19(16-23(26)30)17-27(33)34/h4-13,16,25H,14-15,17-18H2,1-3H3,(H,31,35)(H,33,34)/t25-/m0/s1. The molecule has 0 saturated heterocycles. The summed E-state index contributed by atoms with van der Waals surface area (Å²) >= 11 is 0. The van der Waals surface area contributed by atoms with Crippen molar-refractivity contribution in [2.24, 2.45) is 0 Å².